The van der Waals surface area contributed by atoms with Crippen molar-refractivity contribution in [1.82, 2.24) is 0 Å². The molecule has 4 nitrogen and oxygen atoms in total. The van der Waals surface area contributed by atoms with E-state index in [-0.39, 0.29) is 10.6 Å². The van der Waals surface area contributed by atoms with E-state index in [0.717, 1.165) is 17.7 Å². The minimum Gasteiger partial charge on any atom is -0.382 e. The molecule has 0 saturated heterocycles. The predicted octanol–water partition coefficient (Wildman–Crippen LogP) is 3.67. The molecule has 0 heterocycles. The summed E-state index contributed by atoms with van der Waals surface area (Å²) in [5.41, 5.74) is 1.77. The average molecular weight is 254 g/mol. The molecule has 1 aromatic carbocycles. The Morgan fingerprint density at radius 1 is 1.53 bits per heavy atom. The highest BCUT2D eigenvalue weighted by Gasteiger charge is 2.16. The second-order valence-electron chi connectivity index (χ2n) is 3.85. The molecule has 0 aliphatic heterocycles. The van der Waals surface area contributed by atoms with Crippen LogP contribution in [0.25, 0.3) is 0 Å². The zero-order valence-corrected chi connectivity index (χ0v) is 11.2. The van der Waals surface area contributed by atoms with Crippen LogP contribution < -0.4 is 5.32 Å². The third-order valence-corrected chi connectivity index (χ3v) is 4.05. The quantitative estimate of drug-likeness (QED) is 0.621. The summed E-state index contributed by atoms with van der Waals surface area (Å²) in [4.78, 5) is 10.5. The highest BCUT2D eigenvalue weighted by Crippen LogP contribution is 2.31. The van der Waals surface area contributed by atoms with Gasteiger partial charge in [-0.3, -0.25) is 10.1 Å². The number of anilines is 1. The van der Waals surface area contributed by atoms with Crippen LogP contribution in [0.2, 0.25) is 0 Å². The monoisotopic (exact) mass is 254 g/mol. The van der Waals surface area contributed by atoms with Crippen LogP contribution in [0.5, 0.6) is 0 Å². The molecule has 1 atom stereocenters. The standard InChI is InChI=1S/C12H18N2O2S/c1-4-9(2)17-8-10-6-5-7-11(14(15)16)12(10)13-3/h5-7,9,13H,4,8H2,1-3H3. The summed E-state index contributed by atoms with van der Waals surface area (Å²) in [6.45, 7) is 4.31. The molecule has 5 heteroatoms. The minimum absolute atomic E-state index is 0.148. The van der Waals surface area contributed by atoms with Crippen molar-refractivity contribution in [1.29, 1.82) is 0 Å². The lowest BCUT2D eigenvalue weighted by Crippen LogP contribution is -2.01. The first-order chi connectivity index (χ1) is 8.10. The fraction of sp³-hybridized carbons (Fsp3) is 0.500. The first-order valence-corrected chi connectivity index (χ1v) is 6.70. The lowest BCUT2D eigenvalue weighted by molar-refractivity contribution is -0.384. The largest absolute Gasteiger partial charge is 0.382 e. The topological polar surface area (TPSA) is 55.2 Å². The maximum Gasteiger partial charge on any atom is 0.292 e. The van der Waals surface area contributed by atoms with Crippen molar-refractivity contribution in [3.63, 3.8) is 0 Å². The second kappa shape index (κ2) is 6.49. The van der Waals surface area contributed by atoms with Gasteiger partial charge in [0.25, 0.3) is 5.69 Å². The minimum atomic E-state index is -0.344. The number of para-hydroxylation sites is 1. The molecule has 0 amide bonds. The van der Waals surface area contributed by atoms with E-state index in [1.807, 2.05) is 17.8 Å². The van der Waals surface area contributed by atoms with Gasteiger partial charge in [-0.25, -0.2) is 0 Å². The third-order valence-electron chi connectivity index (χ3n) is 2.67. The van der Waals surface area contributed by atoms with Gasteiger partial charge in [-0.05, 0) is 12.0 Å². The second-order valence-corrected chi connectivity index (χ2v) is 5.27. The van der Waals surface area contributed by atoms with E-state index in [1.165, 1.54) is 6.07 Å². The van der Waals surface area contributed by atoms with Crippen LogP contribution in [0, 0.1) is 10.1 Å². The summed E-state index contributed by atoms with van der Waals surface area (Å²) < 4.78 is 0. The van der Waals surface area contributed by atoms with Crippen LogP contribution in [0.1, 0.15) is 25.8 Å². The molecule has 0 saturated carbocycles. The summed E-state index contributed by atoms with van der Waals surface area (Å²) >= 11 is 1.82. The van der Waals surface area contributed by atoms with E-state index in [0.29, 0.717) is 10.9 Å². The van der Waals surface area contributed by atoms with Gasteiger partial charge < -0.3 is 5.32 Å². The zero-order valence-electron chi connectivity index (χ0n) is 10.4. The average Bonchev–Trinajstić information content (AvgIpc) is 2.34. The van der Waals surface area contributed by atoms with Gasteiger partial charge in [0.05, 0.1) is 4.92 Å². The molecular formula is C12H18N2O2S. The molecule has 1 aromatic rings. The maximum absolute atomic E-state index is 10.9. The molecule has 0 fully saturated rings. The van der Waals surface area contributed by atoms with Crippen molar-refractivity contribution in [2.45, 2.75) is 31.3 Å². The number of hydrogen-bond acceptors (Lipinski definition) is 4. The van der Waals surface area contributed by atoms with E-state index in [9.17, 15) is 10.1 Å². The first kappa shape index (κ1) is 13.8. The van der Waals surface area contributed by atoms with Crippen molar-refractivity contribution in [2.75, 3.05) is 12.4 Å². The molecule has 0 aliphatic carbocycles. The fourth-order valence-corrected chi connectivity index (χ4v) is 2.44. The van der Waals surface area contributed by atoms with Gasteiger partial charge in [0.2, 0.25) is 0 Å². The summed E-state index contributed by atoms with van der Waals surface area (Å²) in [7, 11) is 1.72. The zero-order chi connectivity index (χ0) is 12.8. The predicted molar refractivity (Wildman–Crippen MR) is 73.7 cm³/mol. The number of thioether (sulfide) groups is 1. The van der Waals surface area contributed by atoms with Crippen molar-refractivity contribution in [3.05, 3.63) is 33.9 Å². The fourth-order valence-electron chi connectivity index (χ4n) is 1.50. The van der Waals surface area contributed by atoms with Crippen LogP contribution in [0.4, 0.5) is 11.4 Å². The Kier molecular flexibility index (Phi) is 5.28. The number of nitro groups is 1. The third kappa shape index (κ3) is 3.63. The van der Waals surface area contributed by atoms with E-state index in [4.69, 9.17) is 0 Å². The highest BCUT2D eigenvalue weighted by atomic mass is 32.2. The molecule has 0 aliphatic rings. The molecular weight excluding hydrogens is 236 g/mol. The number of nitrogens with zero attached hydrogens (tertiary/aromatic N) is 1. The van der Waals surface area contributed by atoms with E-state index >= 15 is 0 Å². The summed E-state index contributed by atoms with van der Waals surface area (Å²) in [5, 5.41) is 14.4. The number of benzene rings is 1. The summed E-state index contributed by atoms with van der Waals surface area (Å²) in [6.07, 6.45) is 1.11. The molecule has 0 radical (unpaired) electrons. The molecule has 1 N–H and O–H groups in total. The van der Waals surface area contributed by atoms with Gasteiger partial charge in [-0.15, -0.1) is 0 Å². The molecule has 0 bridgehead atoms. The number of nitro benzene ring substituents is 1. The molecule has 1 rings (SSSR count). The Morgan fingerprint density at radius 2 is 2.24 bits per heavy atom. The lowest BCUT2D eigenvalue weighted by Gasteiger charge is -2.12. The maximum atomic E-state index is 10.9. The Hall–Kier alpha value is -1.23. The summed E-state index contributed by atoms with van der Waals surface area (Å²) in [5.74, 6) is 0.798. The van der Waals surface area contributed by atoms with Crippen LogP contribution in [0.15, 0.2) is 18.2 Å². The van der Waals surface area contributed by atoms with Gasteiger partial charge >= 0.3 is 0 Å². The molecule has 17 heavy (non-hydrogen) atoms. The van der Waals surface area contributed by atoms with Crippen molar-refractivity contribution >= 4 is 23.1 Å². The Balaban J connectivity index is 2.91. The van der Waals surface area contributed by atoms with Gasteiger partial charge in [-0.1, -0.05) is 26.0 Å². The van der Waals surface area contributed by atoms with Crippen LogP contribution in [0.3, 0.4) is 0 Å². The highest BCUT2D eigenvalue weighted by molar-refractivity contribution is 7.99. The Morgan fingerprint density at radius 3 is 2.76 bits per heavy atom. The number of rotatable bonds is 6. The molecule has 94 valence electrons. The molecule has 0 spiro atoms. The summed E-state index contributed by atoms with van der Waals surface area (Å²) in [6, 6.07) is 5.21. The van der Waals surface area contributed by atoms with Crippen LogP contribution in [-0.4, -0.2) is 17.2 Å². The van der Waals surface area contributed by atoms with Crippen molar-refractivity contribution < 1.29 is 4.92 Å². The number of nitrogens with one attached hydrogen (secondary N) is 1. The van der Waals surface area contributed by atoms with Crippen molar-refractivity contribution in [2.24, 2.45) is 0 Å². The number of hydrogen-bond donors (Lipinski definition) is 1. The Labute approximate surface area is 106 Å². The molecule has 1 unspecified atom stereocenters. The smallest absolute Gasteiger partial charge is 0.292 e. The van der Waals surface area contributed by atoms with E-state index in [2.05, 4.69) is 19.2 Å². The van der Waals surface area contributed by atoms with Gasteiger partial charge in [0.1, 0.15) is 5.69 Å². The van der Waals surface area contributed by atoms with Gasteiger partial charge in [0.15, 0.2) is 0 Å². The van der Waals surface area contributed by atoms with E-state index in [1.54, 1.807) is 13.1 Å². The Bertz CT molecular complexity index is 396. The lowest BCUT2D eigenvalue weighted by atomic mass is 10.1. The van der Waals surface area contributed by atoms with E-state index < -0.39 is 0 Å². The molecule has 0 aromatic heterocycles. The first-order valence-electron chi connectivity index (χ1n) is 5.65. The van der Waals surface area contributed by atoms with Crippen LogP contribution >= 0.6 is 11.8 Å². The van der Waals surface area contributed by atoms with Gasteiger partial charge in [-0.2, -0.15) is 11.8 Å². The van der Waals surface area contributed by atoms with Crippen LogP contribution in [-0.2, 0) is 5.75 Å². The SMILES string of the molecule is CCC(C)SCc1cccc([N+](=O)[O-])c1NC. The normalized spacial score (nSPS) is 12.2. The van der Waals surface area contributed by atoms with Crippen molar-refractivity contribution in [3.8, 4) is 0 Å². The van der Waals surface area contributed by atoms with Gasteiger partial charge in [0, 0.05) is 24.1 Å².